The van der Waals surface area contributed by atoms with Crippen LogP contribution in [0.2, 0.25) is 0 Å². The molecule has 0 bridgehead atoms. The Morgan fingerprint density at radius 3 is 2.56 bits per heavy atom. The van der Waals surface area contributed by atoms with E-state index in [0.717, 1.165) is 29.7 Å². The molecule has 1 aliphatic heterocycles. The second-order valence-corrected chi connectivity index (χ2v) is 9.07. The second-order valence-electron chi connectivity index (χ2n) is 6.20. The van der Waals surface area contributed by atoms with Crippen LogP contribution < -0.4 is 0 Å². The van der Waals surface area contributed by atoms with E-state index in [9.17, 15) is 13.7 Å². The zero-order valence-electron chi connectivity index (χ0n) is 15.6. The highest BCUT2D eigenvalue weighted by molar-refractivity contribution is 8.18. The van der Waals surface area contributed by atoms with Crippen LogP contribution >= 0.6 is 11.8 Å². The molecular formula is C20H24N2O3S2. The molecule has 0 saturated heterocycles. The molecule has 2 rings (SSSR count). The summed E-state index contributed by atoms with van der Waals surface area (Å²) in [6, 6.07) is 11.5. The fourth-order valence-electron chi connectivity index (χ4n) is 2.71. The molecule has 7 heteroatoms. The summed E-state index contributed by atoms with van der Waals surface area (Å²) >= 11 is 1.23. The molecule has 144 valence electrons. The highest BCUT2D eigenvalue weighted by Crippen LogP contribution is 2.34. The first-order chi connectivity index (χ1) is 13.0. The molecule has 0 fully saturated rings. The van der Waals surface area contributed by atoms with Gasteiger partial charge in [-0.1, -0.05) is 80.4 Å². The van der Waals surface area contributed by atoms with Crippen molar-refractivity contribution in [3.63, 3.8) is 0 Å². The molecule has 0 radical (unpaired) electrons. The molecule has 0 aromatic heterocycles. The fraction of sp³-hybridized carbons (Fsp3) is 0.400. The van der Waals surface area contributed by atoms with E-state index in [-0.39, 0.29) is 0 Å². The summed E-state index contributed by atoms with van der Waals surface area (Å²) in [7, 11) is -3.76. The molecule has 1 heterocycles. The van der Waals surface area contributed by atoms with Crippen LogP contribution in [-0.2, 0) is 14.4 Å². The van der Waals surface area contributed by atoms with Crippen LogP contribution in [0.4, 0.5) is 0 Å². The van der Waals surface area contributed by atoms with E-state index >= 15 is 0 Å². The number of benzene rings is 1. The number of thioether (sulfide) groups is 1. The molecule has 0 amide bonds. The highest BCUT2D eigenvalue weighted by Gasteiger charge is 2.26. The van der Waals surface area contributed by atoms with Crippen molar-refractivity contribution < 1.29 is 12.7 Å². The average molecular weight is 405 g/mol. The third-order valence-corrected chi connectivity index (χ3v) is 6.69. The van der Waals surface area contributed by atoms with Gasteiger partial charge in [0, 0.05) is 4.91 Å². The first kappa shape index (κ1) is 21.3. The Morgan fingerprint density at radius 2 is 1.93 bits per heavy atom. The molecule has 0 aliphatic carbocycles. The number of nitrogens with zero attached hydrogens (tertiary/aromatic N) is 2. The van der Waals surface area contributed by atoms with Crippen molar-refractivity contribution in [1.82, 2.24) is 0 Å². The van der Waals surface area contributed by atoms with E-state index in [4.69, 9.17) is 4.28 Å². The number of allylic oxidation sites excluding steroid dienone is 2. The molecule has 27 heavy (non-hydrogen) atoms. The molecule has 5 nitrogen and oxygen atoms in total. The van der Waals surface area contributed by atoms with Gasteiger partial charge in [-0.2, -0.15) is 13.7 Å². The summed E-state index contributed by atoms with van der Waals surface area (Å²) in [6.07, 6.45) is 7.12. The van der Waals surface area contributed by atoms with Crippen LogP contribution in [0, 0.1) is 11.3 Å². The maximum absolute atomic E-state index is 12.4. The van der Waals surface area contributed by atoms with E-state index in [1.54, 1.807) is 12.2 Å². The van der Waals surface area contributed by atoms with Crippen LogP contribution in [-0.4, -0.2) is 18.7 Å². The van der Waals surface area contributed by atoms with Gasteiger partial charge in [0.05, 0.1) is 10.8 Å². The topological polar surface area (TPSA) is 79.5 Å². The van der Waals surface area contributed by atoms with Gasteiger partial charge in [0.2, 0.25) is 0 Å². The van der Waals surface area contributed by atoms with Crippen molar-refractivity contribution in [3.05, 3.63) is 53.0 Å². The molecular weight excluding hydrogens is 380 g/mol. The predicted molar refractivity (Wildman–Crippen MR) is 111 cm³/mol. The van der Waals surface area contributed by atoms with Gasteiger partial charge in [0.1, 0.15) is 11.1 Å². The monoisotopic (exact) mass is 404 g/mol. The van der Waals surface area contributed by atoms with Crippen LogP contribution in [0.1, 0.15) is 51.5 Å². The first-order valence-corrected chi connectivity index (χ1v) is 11.4. The molecule has 0 spiro atoms. The Kier molecular flexibility index (Phi) is 8.14. The number of nitriles is 1. The third-order valence-electron chi connectivity index (χ3n) is 4.14. The lowest BCUT2D eigenvalue weighted by molar-refractivity contribution is 0.328. The summed E-state index contributed by atoms with van der Waals surface area (Å²) in [4.78, 5) is 0.722. The number of unbranched alkanes of at least 4 members (excludes halogenated alkanes) is 1. The molecule has 0 N–H and O–H groups in total. The summed E-state index contributed by atoms with van der Waals surface area (Å²) in [5, 5.41) is 13.2. The standard InChI is InChI=1S/C20H24N2O3S2/c1-3-5-12-17(9-4-2)27(23,24)25-22-20-14-13-19(26-20)18(15-21)16-10-7-6-8-11-16/h6-8,10-11,13-14,17H,3-5,9,12H2,1-2H3/b19-18-,22-20+. The Hall–Kier alpha value is -2.04. The van der Waals surface area contributed by atoms with Crippen molar-refractivity contribution in [2.24, 2.45) is 5.16 Å². The third kappa shape index (κ3) is 5.98. The van der Waals surface area contributed by atoms with E-state index in [1.807, 2.05) is 44.2 Å². The number of oxime groups is 1. The summed E-state index contributed by atoms with van der Waals surface area (Å²) in [5.41, 5.74) is 1.33. The number of rotatable bonds is 9. The van der Waals surface area contributed by atoms with Gasteiger partial charge in [0.15, 0.2) is 0 Å². The van der Waals surface area contributed by atoms with Crippen molar-refractivity contribution in [2.75, 3.05) is 0 Å². The molecule has 1 aromatic carbocycles. The molecule has 1 aromatic rings. The van der Waals surface area contributed by atoms with Crippen LogP contribution in [0.25, 0.3) is 5.57 Å². The normalized spacial score (nSPS) is 18.3. The zero-order valence-corrected chi connectivity index (χ0v) is 17.2. The zero-order chi connectivity index (χ0) is 19.7. The molecule has 0 saturated carbocycles. The van der Waals surface area contributed by atoms with Gasteiger partial charge in [0.25, 0.3) is 0 Å². The lowest BCUT2D eigenvalue weighted by Gasteiger charge is -2.14. The van der Waals surface area contributed by atoms with Gasteiger partial charge in [-0.05, 0) is 30.6 Å². The minimum atomic E-state index is -3.76. The molecule has 1 aliphatic rings. The Balaban J connectivity index is 2.12. The van der Waals surface area contributed by atoms with Crippen molar-refractivity contribution in [3.8, 4) is 6.07 Å². The highest BCUT2D eigenvalue weighted by atomic mass is 32.2. The van der Waals surface area contributed by atoms with Crippen molar-refractivity contribution in [1.29, 1.82) is 5.26 Å². The largest absolute Gasteiger partial charge is 0.331 e. The quantitative estimate of drug-likeness (QED) is 0.415. The fourth-order valence-corrected chi connectivity index (χ4v) is 4.88. The SMILES string of the molecule is CCCCC(CCC)S(=O)(=O)O/N=C1C=C/C(=C(\C#N)c2ccccc2)S\1. The average Bonchev–Trinajstić information content (AvgIpc) is 3.14. The lowest BCUT2D eigenvalue weighted by Crippen LogP contribution is -2.22. The van der Waals surface area contributed by atoms with E-state index in [0.29, 0.717) is 23.5 Å². The van der Waals surface area contributed by atoms with Crippen LogP contribution in [0.15, 0.2) is 52.5 Å². The van der Waals surface area contributed by atoms with Gasteiger partial charge in [-0.15, -0.1) is 0 Å². The minimum absolute atomic E-state index is 0.419. The lowest BCUT2D eigenvalue weighted by atomic mass is 10.1. The van der Waals surface area contributed by atoms with E-state index in [2.05, 4.69) is 11.2 Å². The first-order valence-electron chi connectivity index (χ1n) is 9.08. The summed E-state index contributed by atoms with van der Waals surface area (Å²) in [6.45, 7) is 3.99. The second kappa shape index (κ2) is 10.3. The number of hydrogen-bond acceptors (Lipinski definition) is 6. The summed E-state index contributed by atoms with van der Waals surface area (Å²) in [5.74, 6) is 0. The van der Waals surface area contributed by atoms with Crippen molar-refractivity contribution >= 4 is 32.5 Å². The summed E-state index contributed by atoms with van der Waals surface area (Å²) < 4.78 is 29.9. The van der Waals surface area contributed by atoms with E-state index < -0.39 is 15.4 Å². The van der Waals surface area contributed by atoms with Gasteiger partial charge >= 0.3 is 10.1 Å². The van der Waals surface area contributed by atoms with Crippen LogP contribution in [0.5, 0.6) is 0 Å². The van der Waals surface area contributed by atoms with Gasteiger partial charge in [-0.3, -0.25) is 4.28 Å². The van der Waals surface area contributed by atoms with Gasteiger partial charge in [-0.25, -0.2) is 0 Å². The predicted octanol–water partition coefficient (Wildman–Crippen LogP) is 5.24. The minimum Gasteiger partial charge on any atom is -0.267 e. The number of hydrogen-bond donors (Lipinski definition) is 0. The van der Waals surface area contributed by atoms with Crippen LogP contribution in [0.3, 0.4) is 0 Å². The Morgan fingerprint density at radius 1 is 1.19 bits per heavy atom. The molecule has 1 atom stereocenters. The van der Waals surface area contributed by atoms with E-state index in [1.165, 1.54) is 11.8 Å². The maximum Gasteiger partial charge on any atom is 0.331 e. The Bertz CT molecular complexity index is 866. The molecule has 1 unspecified atom stereocenters. The van der Waals surface area contributed by atoms with Gasteiger partial charge < -0.3 is 0 Å². The Labute approximate surface area is 165 Å². The maximum atomic E-state index is 12.4. The smallest absolute Gasteiger partial charge is 0.267 e. The van der Waals surface area contributed by atoms with Crippen molar-refractivity contribution in [2.45, 2.75) is 51.2 Å².